The molecule has 0 aliphatic carbocycles. The Morgan fingerprint density at radius 1 is 0.846 bits per heavy atom. The molecule has 0 spiro atoms. The van der Waals surface area contributed by atoms with Crippen LogP contribution in [0.25, 0.3) is 22.3 Å². The molecule has 128 valence electrons. The molecule has 26 heavy (non-hydrogen) atoms. The Morgan fingerprint density at radius 3 is 2.31 bits per heavy atom. The maximum Gasteiger partial charge on any atom is 0.137 e. The number of rotatable bonds is 4. The lowest BCUT2D eigenvalue weighted by Crippen LogP contribution is -2.05. The fourth-order valence-electron chi connectivity index (χ4n) is 2.91. The monoisotopic (exact) mass is 341 g/mol. The molecule has 0 fully saturated rings. The van der Waals surface area contributed by atoms with E-state index in [-0.39, 0.29) is 0 Å². The van der Waals surface area contributed by atoms with Crippen LogP contribution in [-0.2, 0) is 6.54 Å². The second-order valence-corrected chi connectivity index (χ2v) is 6.03. The Kier molecular flexibility index (Phi) is 4.52. The highest BCUT2D eigenvalue weighted by atomic mass is 16.5. The topological polar surface area (TPSA) is 34.7 Å². The first-order valence-electron chi connectivity index (χ1n) is 8.55. The van der Waals surface area contributed by atoms with Crippen molar-refractivity contribution in [1.82, 2.24) is 0 Å². The predicted molar refractivity (Wildman–Crippen MR) is 104 cm³/mol. The third-order valence-corrected chi connectivity index (χ3v) is 4.28. The number of benzene rings is 3. The van der Waals surface area contributed by atoms with Gasteiger partial charge in [0.05, 0.1) is 19.0 Å². The van der Waals surface area contributed by atoms with Crippen molar-refractivity contribution in [1.29, 1.82) is 0 Å². The molecule has 1 heterocycles. The Hall–Kier alpha value is -3.33. The summed E-state index contributed by atoms with van der Waals surface area (Å²) in [5.41, 5.74) is 2.99. The number of fused-ring (bicyclic) bond motifs is 1. The second-order valence-electron chi connectivity index (χ2n) is 6.03. The van der Waals surface area contributed by atoms with Crippen LogP contribution < -0.4 is 10.1 Å². The van der Waals surface area contributed by atoms with Gasteiger partial charge >= 0.3 is 0 Å². The zero-order chi connectivity index (χ0) is 17.8. The number of ether oxygens (including phenoxy) is 1. The summed E-state index contributed by atoms with van der Waals surface area (Å²) in [6.07, 6.45) is 0. The molecule has 4 aromatic rings. The first-order valence-corrected chi connectivity index (χ1v) is 8.55. The highest BCUT2D eigenvalue weighted by Crippen LogP contribution is 2.24. The van der Waals surface area contributed by atoms with Gasteiger partial charge in [-0.05, 0) is 23.8 Å². The third-order valence-electron chi connectivity index (χ3n) is 4.28. The summed E-state index contributed by atoms with van der Waals surface area (Å²) in [7, 11) is 1.66. The van der Waals surface area contributed by atoms with E-state index in [1.54, 1.807) is 7.11 Å². The Morgan fingerprint density at radius 2 is 1.58 bits per heavy atom. The minimum absolute atomic E-state index is 0.616. The van der Waals surface area contributed by atoms with Crippen molar-refractivity contribution in [2.75, 3.05) is 7.11 Å². The molecule has 4 rings (SSSR count). The van der Waals surface area contributed by atoms with Crippen LogP contribution in [0.15, 0.2) is 94.3 Å². The van der Waals surface area contributed by atoms with Crippen molar-refractivity contribution < 1.29 is 9.15 Å². The van der Waals surface area contributed by atoms with E-state index in [2.05, 4.69) is 12.1 Å². The van der Waals surface area contributed by atoms with E-state index in [9.17, 15) is 0 Å². The van der Waals surface area contributed by atoms with Gasteiger partial charge in [-0.2, -0.15) is 0 Å². The highest BCUT2D eigenvalue weighted by Gasteiger charge is 2.07. The van der Waals surface area contributed by atoms with Gasteiger partial charge in [0.15, 0.2) is 0 Å². The molecule has 0 aliphatic rings. The van der Waals surface area contributed by atoms with E-state index >= 15 is 0 Å². The van der Waals surface area contributed by atoms with Crippen LogP contribution in [-0.4, -0.2) is 7.11 Å². The van der Waals surface area contributed by atoms with Crippen LogP contribution in [0.2, 0.25) is 0 Å². The molecule has 0 unspecified atom stereocenters. The Bertz CT molecular complexity index is 1080. The molecule has 0 aliphatic heterocycles. The molecule has 0 bridgehead atoms. The van der Waals surface area contributed by atoms with E-state index in [0.717, 1.165) is 33.4 Å². The molecule has 1 aromatic heterocycles. The van der Waals surface area contributed by atoms with Crippen molar-refractivity contribution in [3.63, 3.8) is 0 Å². The minimum atomic E-state index is 0.616. The van der Waals surface area contributed by atoms with Crippen molar-refractivity contribution in [3.8, 4) is 17.1 Å². The second kappa shape index (κ2) is 7.28. The molecule has 3 aromatic carbocycles. The van der Waals surface area contributed by atoms with E-state index < -0.39 is 0 Å². The van der Waals surface area contributed by atoms with E-state index in [1.807, 2.05) is 72.8 Å². The van der Waals surface area contributed by atoms with E-state index in [0.29, 0.717) is 6.54 Å². The summed E-state index contributed by atoms with van der Waals surface area (Å²) in [5.74, 6) is 1.59. The SMILES string of the molecule is COc1ccc2oc(-c3ccccc3)cc(=NCc3ccccc3)c2c1. The van der Waals surface area contributed by atoms with Crippen LogP contribution in [0, 0.1) is 0 Å². The first-order chi connectivity index (χ1) is 12.8. The summed E-state index contributed by atoms with van der Waals surface area (Å²) < 4.78 is 11.5. The normalized spacial score (nSPS) is 11.7. The van der Waals surface area contributed by atoms with E-state index in [4.69, 9.17) is 14.1 Å². The number of methoxy groups -OCH3 is 1. The van der Waals surface area contributed by atoms with Gasteiger partial charge in [0.2, 0.25) is 0 Å². The smallest absolute Gasteiger partial charge is 0.137 e. The molecule has 0 saturated carbocycles. The van der Waals surface area contributed by atoms with Crippen molar-refractivity contribution in [2.24, 2.45) is 4.99 Å². The van der Waals surface area contributed by atoms with Gasteiger partial charge in [0.25, 0.3) is 0 Å². The van der Waals surface area contributed by atoms with Crippen LogP contribution >= 0.6 is 0 Å². The molecule has 3 nitrogen and oxygen atoms in total. The minimum Gasteiger partial charge on any atom is -0.497 e. The summed E-state index contributed by atoms with van der Waals surface area (Å²) in [6.45, 7) is 0.616. The average Bonchev–Trinajstić information content (AvgIpc) is 2.73. The fourth-order valence-corrected chi connectivity index (χ4v) is 2.91. The third kappa shape index (κ3) is 3.38. The van der Waals surface area contributed by atoms with Gasteiger partial charge in [-0.15, -0.1) is 0 Å². The number of hydrogen-bond acceptors (Lipinski definition) is 3. The molecular formula is C23H19NO2. The van der Waals surface area contributed by atoms with Crippen LogP contribution in [0.4, 0.5) is 0 Å². The number of nitrogens with zero attached hydrogens (tertiary/aromatic N) is 1. The predicted octanol–water partition coefficient (Wildman–Crippen LogP) is 5.21. The van der Waals surface area contributed by atoms with Gasteiger partial charge in [0.1, 0.15) is 17.1 Å². The molecule has 0 amide bonds. The largest absolute Gasteiger partial charge is 0.497 e. The maximum absolute atomic E-state index is 6.12. The molecule has 0 N–H and O–H groups in total. The average molecular weight is 341 g/mol. The maximum atomic E-state index is 6.12. The standard InChI is InChI=1S/C23H19NO2/c1-25-19-12-13-22-20(14-19)21(24-16-17-8-4-2-5-9-17)15-23(26-22)18-10-6-3-7-11-18/h2-15H,16H2,1H3. The van der Waals surface area contributed by atoms with Crippen LogP contribution in [0.1, 0.15) is 5.56 Å². The van der Waals surface area contributed by atoms with Crippen LogP contribution in [0.3, 0.4) is 0 Å². The van der Waals surface area contributed by atoms with Crippen LogP contribution in [0.5, 0.6) is 5.75 Å². The summed E-state index contributed by atoms with van der Waals surface area (Å²) in [5, 5.41) is 1.84. The molecule has 0 atom stereocenters. The van der Waals surface area contributed by atoms with Gasteiger partial charge in [-0.1, -0.05) is 60.7 Å². The lowest BCUT2D eigenvalue weighted by molar-refractivity contribution is 0.415. The zero-order valence-corrected chi connectivity index (χ0v) is 14.6. The molecule has 0 saturated heterocycles. The molecule has 3 heteroatoms. The first kappa shape index (κ1) is 16.2. The Labute approximate surface area is 152 Å². The summed E-state index contributed by atoms with van der Waals surface area (Å²) in [6, 6.07) is 28.1. The van der Waals surface area contributed by atoms with Gasteiger partial charge in [0, 0.05) is 17.0 Å². The molecular weight excluding hydrogens is 322 g/mol. The zero-order valence-electron chi connectivity index (χ0n) is 14.6. The quantitative estimate of drug-likeness (QED) is 0.511. The molecule has 0 radical (unpaired) electrons. The van der Waals surface area contributed by atoms with Gasteiger partial charge < -0.3 is 9.15 Å². The summed E-state index contributed by atoms with van der Waals surface area (Å²) in [4.78, 5) is 4.85. The highest BCUT2D eigenvalue weighted by molar-refractivity contribution is 5.80. The summed E-state index contributed by atoms with van der Waals surface area (Å²) >= 11 is 0. The van der Waals surface area contributed by atoms with Crippen molar-refractivity contribution >= 4 is 11.0 Å². The van der Waals surface area contributed by atoms with Gasteiger partial charge in [-0.25, -0.2) is 0 Å². The van der Waals surface area contributed by atoms with Crippen molar-refractivity contribution in [3.05, 3.63) is 95.8 Å². The van der Waals surface area contributed by atoms with Gasteiger partial charge in [-0.3, -0.25) is 4.99 Å². The number of hydrogen-bond donors (Lipinski definition) is 0. The Balaban J connectivity index is 1.89. The lowest BCUT2D eigenvalue weighted by Gasteiger charge is -2.07. The fraction of sp³-hybridized carbons (Fsp3) is 0.0870. The van der Waals surface area contributed by atoms with E-state index in [1.165, 1.54) is 5.56 Å². The lowest BCUT2D eigenvalue weighted by atomic mass is 10.1. The van der Waals surface area contributed by atoms with Crippen molar-refractivity contribution in [2.45, 2.75) is 6.54 Å².